The Balaban J connectivity index is 1.92. The standard InChI is InChI=1S/C12H12N2O/c15-12(11-7-4-8-13-11)9-14-10-5-2-1-3-6-10/h1-8,13-14H,9H2. The fourth-order valence-corrected chi connectivity index (χ4v) is 1.34. The highest BCUT2D eigenvalue weighted by molar-refractivity contribution is 5.97. The minimum atomic E-state index is 0.0591. The number of rotatable bonds is 4. The quantitative estimate of drug-likeness (QED) is 0.744. The van der Waals surface area contributed by atoms with Crippen molar-refractivity contribution in [2.45, 2.75) is 0 Å². The van der Waals surface area contributed by atoms with Crippen LogP contribution in [0.15, 0.2) is 48.7 Å². The summed E-state index contributed by atoms with van der Waals surface area (Å²) in [5.41, 5.74) is 1.59. The zero-order chi connectivity index (χ0) is 10.5. The molecule has 0 atom stereocenters. The number of hydrogen-bond acceptors (Lipinski definition) is 2. The van der Waals surface area contributed by atoms with Gasteiger partial charge in [-0.1, -0.05) is 18.2 Å². The Hall–Kier alpha value is -2.03. The van der Waals surface area contributed by atoms with E-state index >= 15 is 0 Å². The Morgan fingerprint density at radius 3 is 2.60 bits per heavy atom. The Labute approximate surface area is 88.1 Å². The summed E-state index contributed by atoms with van der Waals surface area (Å²) in [5, 5.41) is 3.06. The number of aromatic nitrogens is 1. The van der Waals surface area contributed by atoms with E-state index in [0.29, 0.717) is 12.2 Å². The topological polar surface area (TPSA) is 44.9 Å². The van der Waals surface area contributed by atoms with Gasteiger partial charge in [-0.3, -0.25) is 4.79 Å². The molecule has 0 amide bonds. The number of ketones is 1. The van der Waals surface area contributed by atoms with Crippen LogP contribution in [0.25, 0.3) is 0 Å². The molecule has 76 valence electrons. The number of H-pyrrole nitrogens is 1. The normalized spacial score (nSPS) is 9.87. The molecule has 0 fully saturated rings. The number of carbonyl (C=O) groups is 1. The van der Waals surface area contributed by atoms with E-state index in [-0.39, 0.29) is 5.78 Å². The smallest absolute Gasteiger partial charge is 0.197 e. The first kappa shape index (κ1) is 9.52. The Morgan fingerprint density at radius 2 is 1.93 bits per heavy atom. The molecule has 0 aliphatic carbocycles. The molecule has 3 nitrogen and oxygen atoms in total. The van der Waals surface area contributed by atoms with E-state index in [1.165, 1.54) is 0 Å². The van der Waals surface area contributed by atoms with Crippen molar-refractivity contribution >= 4 is 11.5 Å². The van der Waals surface area contributed by atoms with Gasteiger partial charge in [0, 0.05) is 11.9 Å². The second kappa shape index (κ2) is 4.46. The molecule has 0 aliphatic heterocycles. The molecule has 2 aromatic rings. The van der Waals surface area contributed by atoms with Crippen molar-refractivity contribution in [1.82, 2.24) is 4.98 Å². The number of aromatic amines is 1. The third-order valence-electron chi connectivity index (χ3n) is 2.13. The second-order valence-electron chi connectivity index (χ2n) is 3.23. The highest BCUT2D eigenvalue weighted by atomic mass is 16.1. The van der Waals surface area contributed by atoms with Crippen molar-refractivity contribution in [3.63, 3.8) is 0 Å². The van der Waals surface area contributed by atoms with E-state index in [2.05, 4.69) is 10.3 Å². The molecular formula is C12H12N2O. The number of benzene rings is 1. The van der Waals surface area contributed by atoms with Crippen molar-refractivity contribution in [3.8, 4) is 0 Å². The van der Waals surface area contributed by atoms with Gasteiger partial charge in [-0.25, -0.2) is 0 Å². The average Bonchev–Trinajstić information content (AvgIpc) is 2.81. The maximum atomic E-state index is 11.6. The molecule has 1 heterocycles. The summed E-state index contributed by atoms with van der Waals surface area (Å²) in [4.78, 5) is 14.5. The first-order chi connectivity index (χ1) is 7.36. The minimum absolute atomic E-state index is 0.0591. The van der Waals surface area contributed by atoms with Crippen LogP contribution in [0.1, 0.15) is 10.5 Å². The number of anilines is 1. The highest BCUT2D eigenvalue weighted by Gasteiger charge is 2.04. The number of para-hydroxylation sites is 1. The van der Waals surface area contributed by atoms with Crippen LogP contribution < -0.4 is 5.32 Å². The van der Waals surface area contributed by atoms with Gasteiger partial charge in [0.05, 0.1) is 12.2 Å². The predicted octanol–water partition coefficient (Wildman–Crippen LogP) is 2.31. The molecule has 2 N–H and O–H groups in total. The van der Waals surface area contributed by atoms with Gasteiger partial charge in [0.25, 0.3) is 0 Å². The molecule has 0 saturated heterocycles. The fourth-order valence-electron chi connectivity index (χ4n) is 1.34. The molecule has 0 unspecified atom stereocenters. The van der Waals surface area contributed by atoms with Gasteiger partial charge in [-0.2, -0.15) is 0 Å². The van der Waals surface area contributed by atoms with Gasteiger partial charge in [0.2, 0.25) is 0 Å². The number of hydrogen-bond donors (Lipinski definition) is 2. The van der Waals surface area contributed by atoms with Gasteiger partial charge < -0.3 is 10.3 Å². The van der Waals surface area contributed by atoms with Gasteiger partial charge >= 0.3 is 0 Å². The van der Waals surface area contributed by atoms with E-state index in [1.807, 2.05) is 36.4 Å². The largest absolute Gasteiger partial charge is 0.378 e. The van der Waals surface area contributed by atoms with E-state index in [1.54, 1.807) is 12.3 Å². The van der Waals surface area contributed by atoms with Crippen LogP contribution in [0, 0.1) is 0 Å². The molecule has 3 heteroatoms. The minimum Gasteiger partial charge on any atom is -0.378 e. The summed E-state index contributed by atoms with van der Waals surface area (Å²) >= 11 is 0. The predicted molar refractivity (Wildman–Crippen MR) is 60.1 cm³/mol. The van der Waals surface area contributed by atoms with E-state index in [9.17, 15) is 4.79 Å². The summed E-state index contributed by atoms with van der Waals surface area (Å²) in [6.45, 7) is 0.310. The summed E-state index contributed by atoms with van der Waals surface area (Å²) in [7, 11) is 0. The average molecular weight is 200 g/mol. The molecule has 15 heavy (non-hydrogen) atoms. The molecule has 0 saturated carbocycles. The Bertz CT molecular complexity index is 420. The molecule has 0 radical (unpaired) electrons. The fraction of sp³-hybridized carbons (Fsp3) is 0.0833. The van der Waals surface area contributed by atoms with Crippen LogP contribution in [0.2, 0.25) is 0 Å². The lowest BCUT2D eigenvalue weighted by molar-refractivity contribution is 0.100. The molecule has 0 spiro atoms. The van der Waals surface area contributed by atoms with Gasteiger partial charge in [-0.05, 0) is 24.3 Å². The van der Waals surface area contributed by atoms with Crippen molar-refractivity contribution in [1.29, 1.82) is 0 Å². The van der Waals surface area contributed by atoms with Crippen LogP contribution in [-0.4, -0.2) is 17.3 Å². The molecule has 0 bridgehead atoms. The monoisotopic (exact) mass is 200 g/mol. The number of nitrogens with one attached hydrogen (secondary N) is 2. The van der Waals surface area contributed by atoms with Crippen LogP contribution >= 0.6 is 0 Å². The Morgan fingerprint density at radius 1 is 1.13 bits per heavy atom. The van der Waals surface area contributed by atoms with Crippen molar-refractivity contribution in [2.75, 3.05) is 11.9 Å². The lowest BCUT2D eigenvalue weighted by Gasteiger charge is -2.03. The van der Waals surface area contributed by atoms with Crippen molar-refractivity contribution in [3.05, 3.63) is 54.4 Å². The Kier molecular flexibility index (Phi) is 2.83. The maximum Gasteiger partial charge on any atom is 0.197 e. The lowest BCUT2D eigenvalue weighted by Crippen LogP contribution is -2.14. The van der Waals surface area contributed by atoms with E-state index in [4.69, 9.17) is 0 Å². The molecule has 0 aliphatic rings. The van der Waals surface area contributed by atoms with Crippen LogP contribution in [0.3, 0.4) is 0 Å². The summed E-state index contributed by atoms with van der Waals surface area (Å²) in [5.74, 6) is 0.0591. The molecular weight excluding hydrogens is 188 g/mol. The third-order valence-corrected chi connectivity index (χ3v) is 2.13. The second-order valence-corrected chi connectivity index (χ2v) is 3.23. The first-order valence-corrected chi connectivity index (χ1v) is 4.82. The highest BCUT2D eigenvalue weighted by Crippen LogP contribution is 2.05. The zero-order valence-corrected chi connectivity index (χ0v) is 8.23. The van der Waals surface area contributed by atoms with Gasteiger partial charge in [0.15, 0.2) is 5.78 Å². The molecule has 2 rings (SSSR count). The van der Waals surface area contributed by atoms with Gasteiger partial charge in [-0.15, -0.1) is 0 Å². The lowest BCUT2D eigenvalue weighted by atomic mass is 10.2. The van der Waals surface area contributed by atoms with Crippen molar-refractivity contribution < 1.29 is 4.79 Å². The van der Waals surface area contributed by atoms with E-state index in [0.717, 1.165) is 5.69 Å². The maximum absolute atomic E-state index is 11.6. The SMILES string of the molecule is O=C(CNc1ccccc1)c1ccc[nH]1. The number of carbonyl (C=O) groups excluding carboxylic acids is 1. The van der Waals surface area contributed by atoms with Crippen LogP contribution in [0.4, 0.5) is 5.69 Å². The summed E-state index contributed by atoms with van der Waals surface area (Å²) in [6, 6.07) is 13.3. The summed E-state index contributed by atoms with van der Waals surface area (Å²) in [6.07, 6.45) is 1.75. The van der Waals surface area contributed by atoms with Crippen LogP contribution in [-0.2, 0) is 0 Å². The van der Waals surface area contributed by atoms with Gasteiger partial charge in [0.1, 0.15) is 0 Å². The van der Waals surface area contributed by atoms with Crippen molar-refractivity contribution in [2.24, 2.45) is 0 Å². The molecule has 1 aromatic heterocycles. The summed E-state index contributed by atoms with van der Waals surface area (Å²) < 4.78 is 0. The third kappa shape index (κ3) is 2.47. The molecule has 1 aromatic carbocycles. The van der Waals surface area contributed by atoms with Crippen LogP contribution in [0.5, 0.6) is 0 Å². The number of Topliss-reactive ketones (excluding diaryl/α,β-unsaturated/α-hetero) is 1. The van der Waals surface area contributed by atoms with E-state index < -0.39 is 0 Å². The zero-order valence-electron chi connectivity index (χ0n) is 8.23. The first-order valence-electron chi connectivity index (χ1n) is 4.82.